The zero-order chi connectivity index (χ0) is 15.2. The average molecular weight is 363 g/mol. The number of amides is 1. The summed E-state index contributed by atoms with van der Waals surface area (Å²) >= 11 is 3.33. The monoisotopic (exact) mass is 362 g/mol. The summed E-state index contributed by atoms with van der Waals surface area (Å²) in [6.45, 7) is 2.17. The van der Waals surface area contributed by atoms with Crippen molar-refractivity contribution in [3.63, 3.8) is 0 Å². The van der Waals surface area contributed by atoms with Crippen LogP contribution in [0.1, 0.15) is 19.8 Å². The Kier molecular flexibility index (Phi) is 6.64. The van der Waals surface area contributed by atoms with Gasteiger partial charge in [-0.15, -0.1) is 0 Å². The quantitative estimate of drug-likeness (QED) is 0.809. The van der Waals surface area contributed by atoms with Gasteiger partial charge in [0.1, 0.15) is 0 Å². The number of hydrogen-bond donors (Lipinski definition) is 1. The van der Waals surface area contributed by atoms with E-state index in [9.17, 15) is 13.2 Å². The van der Waals surface area contributed by atoms with E-state index in [-0.39, 0.29) is 12.5 Å². The van der Waals surface area contributed by atoms with Crippen LogP contribution in [-0.4, -0.2) is 38.0 Å². The van der Waals surface area contributed by atoms with Crippen LogP contribution in [0.2, 0.25) is 0 Å². The largest absolute Gasteiger partial charge is 0.324 e. The second-order valence-electron chi connectivity index (χ2n) is 4.48. The van der Waals surface area contributed by atoms with E-state index in [2.05, 4.69) is 21.2 Å². The van der Waals surface area contributed by atoms with Gasteiger partial charge in [-0.3, -0.25) is 4.79 Å². The van der Waals surface area contributed by atoms with Crippen molar-refractivity contribution in [1.82, 2.24) is 4.31 Å². The topological polar surface area (TPSA) is 66.5 Å². The van der Waals surface area contributed by atoms with Crippen molar-refractivity contribution in [2.75, 3.05) is 24.7 Å². The molecule has 20 heavy (non-hydrogen) atoms. The van der Waals surface area contributed by atoms with E-state index in [1.165, 1.54) is 4.31 Å². The molecule has 0 spiro atoms. The molecule has 0 aromatic heterocycles. The predicted molar refractivity (Wildman–Crippen MR) is 84.1 cm³/mol. The SMILES string of the molecule is CCCCN(CC(=O)Nc1ccccc1Br)S(C)(=O)=O. The van der Waals surface area contributed by atoms with Gasteiger partial charge in [0.25, 0.3) is 0 Å². The maximum Gasteiger partial charge on any atom is 0.239 e. The number of rotatable bonds is 7. The lowest BCUT2D eigenvalue weighted by Crippen LogP contribution is -2.38. The molecule has 0 aliphatic carbocycles. The number of carbonyl (C=O) groups is 1. The van der Waals surface area contributed by atoms with Crippen LogP contribution in [0.3, 0.4) is 0 Å². The Morgan fingerprint density at radius 3 is 2.55 bits per heavy atom. The summed E-state index contributed by atoms with van der Waals surface area (Å²) in [6, 6.07) is 7.19. The fourth-order valence-electron chi connectivity index (χ4n) is 1.61. The summed E-state index contributed by atoms with van der Waals surface area (Å²) < 4.78 is 25.2. The highest BCUT2D eigenvalue weighted by atomic mass is 79.9. The smallest absolute Gasteiger partial charge is 0.239 e. The molecule has 1 aromatic rings. The van der Waals surface area contributed by atoms with Gasteiger partial charge in [-0.25, -0.2) is 8.42 Å². The molecule has 1 aromatic carbocycles. The standard InChI is InChI=1S/C13H19BrN2O3S/c1-3-4-9-16(20(2,18)19)10-13(17)15-12-8-6-5-7-11(12)14/h5-8H,3-4,9-10H2,1-2H3,(H,15,17). The van der Waals surface area contributed by atoms with Crippen LogP contribution in [0.4, 0.5) is 5.69 Å². The van der Waals surface area contributed by atoms with Gasteiger partial charge in [-0.1, -0.05) is 25.5 Å². The molecule has 0 saturated heterocycles. The fraction of sp³-hybridized carbons (Fsp3) is 0.462. The number of anilines is 1. The number of benzene rings is 1. The molecule has 0 aliphatic rings. The first kappa shape index (κ1) is 17.1. The molecule has 5 nitrogen and oxygen atoms in total. The number of para-hydroxylation sites is 1. The lowest BCUT2D eigenvalue weighted by atomic mass is 10.3. The zero-order valence-corrected chi connectivity index (χ0v) is 14.0. The number of hydrogen-bond acceptors (Lipinski definition) is 3. The van der Waals surface area contributed by atoms with Crippen LogP contribution in [0.15, 0.2) is 28.7 Å². The van der Waals surface area contributed by atoms with Gasteiger partial charge in [0.2, 0.25) is 15.9 Å². The van der Waals surface area contributed by atoms with Gasteiger partial charge in [-0.05, 0) is 34.5 Å². The van der Waals surface area contributed by atoms with Crippen LogP contribution in [0.25, 0.3) is 0 Å². The van der Waals surface area contributed by atoms with Crippen molar-refractivity contribution >= 4 is 37.5 Å². The third-order valence-corrected chi connectivity index (χ3v) is 4.64. The maximum atomic E-state index is 11.9. The molecule has 0 saturated carbocycles. The molecule has 0 atom stereocenters. The second-order valence-corrected chi connectivity index (χ2v) is 7.31. The van der Waals surface area contributed by atoms with Gasteiger partial charge >= 0.3 is 0 Å². The predicted octanol–water partition coefficient (Wildman–Crippen LogP) is 2.45. The van der Waals surface area contributed by atoms with E-state index in [0.29, 0.717) is 12.2 Å². The molecule has 0 fully saturated rings. The van der Waals surface area contributed by atoms with E-state index >= 15 is 0 Å². The molecule has 0 bridgehead atoms. The first-order valence-electron chi connectivity index (χ1n) is 6.34. The number of sulfonamides is 1. The summed E-state index contributed by atoms with van der Waals surface area (Å²) in [4.78, 5) is 11.9. The number of nitrogens with zero attached hydrogens (tertiary/aromatic N) is 1. The molecular weight excluding hydrogens is 344 g/mol. The van der Waals surface area contributed by atoms with Crippen molar-refractivity contribution in [3.8, 4) is 0 Å². The average Bonchev–Trinajstić information content (AvgIpc) is 2.36. The molecule has 1 amide bonds. The number of carbonyl (C=O) groups excluding carboxylic acids is 1. The molecular formula is C13H19BrN2O3S. The van der Waals surface area contributed by atoms with Gasteiger partial charge < -0.3 is 5.32 Å². The highest BCUT2D eigenvalue weighted by Crippen LogP contribution is 2.21. The highest BCUT2D eigenvalue weighted by Gasteiger charge is 2.19. The zero-order valence-electron chi connectivity index (χ0n) is 11.6. The number of nitrogens with one attached hydrogen (secondary N) is 1. The lowest BCUT2D eigenvalue weighted by Gasteiger charge is -2.19. The van der Waals surface area contributed by atoms with E-state index < -0.39 is 10.0 Å². The summed E-state index contributed by atoms with van der Waals surface area (Å²) in [5, 5.41) is 2.70. The fourth-order valence-corrected chi connectivity index (χ4v) is 2.81. The van der Waals surface area contributed by atoms with Crippen LogP contribution in [-0.2, 0) is 14.8 Å². The van der Waals surface area contributed by atoms with Gasteiger partial charge in [0.05, 0.1) is 18.5 Å². The minimum Gasteiger partial charge on any atom is -0.324 e. The maximum absolute atomic E-state index is 11.9. The minimum absolute atomic E-state index is 0.167. The Morgan fingerprint density at radius 2 is 2.00 bits per heavy atom. The molecule has 0 heterocycles. The lowest BCUT2D eigenvalue weighted by molar-refractivity contribution is -0.116. The summed E-state index contributed by atoms with van der Waals surface area (Å²) in [7, 11) is -3.37. The van der Waals surface area contributed by atoms with E-state index in [1.54, 1.807) is 18.2 Å². The third kappa shape index (κ3) is 5.60. The Labute approximate surface area is 128 Å². The Balaban J connectivity index is 2.69. The van der Waals surface area contributed by atoms with Crippen molar-refractivity contribution in [2.45, 2.75) is 19.8 Å². The first-order valence-corrected chi connectivity index (χ1v) is 8.98. The summed E-state index contributed by atoms with van der Waals surface area (Å²) in [6.07, 6.45) is 2.72. The van der Waals surface area contributed by atoms with Crippen molar-refractivity contribution in [1.29, 1.82) is 0 Å². The Bertz CT molecular complexity index is 560. The van der Waals surface area contributed by atoms with E-state index in [1.807, 2.05) is 13.0 Å². The number of unbranched alkanes of at least 4 members (excludes halogenated alkanes) is 1. The first-order chi connectivity index (χ1) is 9.34. The molecule has 112 valence electrons. The molecule has 0 unspecified atom stereocenters. The number of halogens is 1. The van der Waals surface area contributed by atoms with Crippen molar-refractivity contribution in [3.05, 3.63) is 28.7 Å². The Hall–Kier alpha value is -0.920. The summed E-state index contributed by atoms with van der Waals surface area (Å²) in [5.74, 6) is -0.349. The molecule has 0 aliphatic heterocycles. The van der Waals surface area contributed by atoms with Gasteiger partial charge in [0, 0.05) is 11.0 Å². The van der Waals surface area contributed by atoms with Gasteiger partial charge in [0.15, 0.2) is 0 Å². The van der Waals surface area contributed by atoms with Crippen molar-refractivity contribution in [2.24, 2.45) is 0 Å². The third-order valence-electron chi connectivity index (χ3n) is 2.70. The second kappa shape index (κ2) is 7.75. The van der Waals surface area contributed by atoms with Crippen molar-refractivity contribution < 1.29 is 13.2 Å². The highest BCUT2D eigenvalue weighted by molar-refractivity contribution is 9.10. The van der Waals surface area contributed by atoms with Crippen LogP contribution in [0.5, 0.6) is 0 Å². The molecule has 0 radical (unpaired) electrons. The molecule has 7 heteroatoms. The van der Waals surface area contributed by atoms with E-state index in [4.69, 9.17) is 0 Å². The van der Waals surface area contributed by atoms with Crippen LogP contribution >= 0.6 is 15.9 Å². The van der Waals surface area contributed by atoms with Crippen LogP contribution < -0.4 is 5.32 Å². The van der Waals surface area contributed by atoms with Gasteiger partial charge in [-0.2, -0.15) is 4.31 Å². The molecule has 1 rings (SSSR count). The van der Waals surface area contributed by atoms with Crippen LogP contribution in [0, 0.1) is 0 Å². The summed E-state index contributed by atoms with van der Waals surface area (Å²) in [5.41, 5.74) is 0.626. The normalized spacial score (nSPS) is 11.6. The molecule has 1 N–H and O–H groups in total. The van der Waals surface area contributed by atoms with E-state index in [0.717, 1.165) is 23.6 Å². The minimum atomic E-state index is -3.37. The Morgan fingerprint density at radius 1 is 1.35 bits per heavy atom.